The van der Waals surface area contributed by atoms with E-state index < -0.39 is 6.61 Å². The molecule has 1 fully saturated rings. The molecule has 4 rings (SSSR count). The molecule has 2 aliphatic rings. The molecule has 1 saturated heterocycles. The summed E-state index contributed by atoms with van der Waals surface area (Å²) in [5, 5.41) is 0. The predicted octanol–water partition coefficient (Wildman–Crippen LogP) is 2.82. The Morgan fingerprint density at radius 2 is 2.00 bits per heavy atom. The summed E-state index contributed by atoms with van der Waals surface area (Å²) in [6.45, 7) is -0.433. The lowest BCUT2D eigenvalue weighted by molar-refractivity contribution is -0.0512. The van der Waals surface area contributed by atoms with Crippen molar-refractivity contribution < 1.29 is 18.3 Å². The number of alkyl halides is 2. The van der Waals surface area contributed by atoms with Gasteiger partial charge in [0.15, 0.2) is 11.5 Å². The zero-order valence-corrected chi connectivity index (χ0v) is 15.9. The Morgan fingerprint density at radius 3 is 2.71 bits per heavy atom. The van der Waals surface area contributed by atoms with Gasteiger partial charge in [-0.2, -0.15) is 8.78 Å². The Balaban J connectivity index is 1.58. The van der Waals surface area contributed by atoms with E-state index in [9.17, 15) is 13.6 Å². The van der Waals surface area contributed by atoms with Gasteiger partial charge >= 0.3 is 6.61 Å². The Kier molecular flexibility index (Phi) is 5.05. The van der Waals surface area contributed by atoms with E-state index in [0.717, 1.165) is 36.1 Å². The van der Waals surface area contributed by atoms with Crippen LogP contribution in [0.5, 0.6) is 11.5 Å². The molecule has 8 heteroatoms. The molecule has 2 atom stereocenters. The van der Waals surface area contributed by atoms with Crippen LogP contribution in [0.4, 0.5) is 8.78 Å². The number of aromatic amines is 1. The van der Waals surface area contributed by atoms with Gasteiger partial charge in [0, 0.05) is 30.6 Å². The SMILES string of the molecule is COc1cc(CN2[C@@H]3CC[C@H]2Cc2nc(C)[nH]c(=O)c2C3)ccc1OC(F)F. The molecule has 150 valence electrons. The molecule has 0 saturated carbocycles. The van der Waals surface area contributed by atoms with Crippen LogP contribution in [0.25, 0.3) is 0 Å². The molecule has 0 aliphatic carbocycles. The van der Waals surface area contributed by atoms with E-state index in [2.05, 4.69) is 19.6 Å². The summed E-state index contributed by atoms with van der Waals surface area (Å²) in [6.07, 6.45) is 3.51. The van der Waals surface area contributed by atoms with Crippen LogP contribution in [-0.4, -0.2) is 40.7 Å². The van der Waals surface area contributed by atoms with Gasteiger partial charge in [-0.15, -0.1) is 0 Å². The first-order valence-corrected chi connectivity index (χ1v) is 9.40. The van der Waals surface area contributed by atoms with Crippen LogP contribution in [-0.2, 0) is 19.4 Å². The van der Waals surface area contributed by atoms with Crippen LogP contribution in [0, 0.1) is 6.92 Å². The first kappa shape index (κ1) is 18.9. The first-order chi connectivity index (χ1) is 13.4. The van der Waals surface area contributed by atoms with Gasteiger partial charge in [-0.1, -0.05) is 6.07 Å². The topological polar surface area (TPSA) is 67.5 Å². The molecule has 2 aromatic rings. The highest BCUT2D eigenvalue weighted by molar-refractivity contribution is 5.43. The number of aromatic nitrogens is 2. The van der Waals surface area contributed by atoms with E-state index in [1.54, 1.807) is 19.1 Å². The molecule has 1 aromatic heterocycles. The molecule has 2 bridgehead atoms. The van der Waals surface area contributed by atoms with Crippen LogP contribution in [0.2, 0.25) is 0 Å². The molecule has 1 aromatic carbocycles. The van der Waals surface area contributed by atoms with Gasteiger partial charge < -0.3 is 14.5 Å². The van der Waals surface area contributed by atoms with Gasteiger partial charge in [-0.05, 0) is 43.9 Å². The average Bonchev–Trinajstić information content (AvgIpc) is 2.91. The van der Waals surface area contributed by atoms with Gasteiger partial charge in [0.2, 0.25) is 0 Å². The molecular formula is C20H23F2N3O3. The largest absolute Gasteiger partial charge is 0.493 e. The Morgan fingerprint density at radius 1 is 1.25 bits per heavy atom. The zero-order valence-electron chi connectivity index (χ0n) is 15.9. The zero-order chi connectivity index (χ0) is 19.8. The highest BCUT2D eigenvalue weighted by Gasteiger charge is 2.38. The number of fused-ring (bicyclic) bond motifs is 3. The van der Waals surface area contributed by atoms with Crippen molar-refractivity contribution in [2.45, 2.75) is 57.8 Å². The fourth-order valence-corrected chi connectivity index (χ4v) is 4.43. The third-order valence-corrected chi connectivity index (χ3v) is 5.67. The maximum atomic E-state index is 12.5. The maximum absolute atomic E-state index is 12.5. The van der Waals surface area contributed by atoms with Crippen molar-refractivity contribution in [1.82, 2.24) is 14.9 Å². The molecule has 0 radical (unpaired) electrons. The van der Waals surface area contributed by atoms with Crippen LogP contribution in [0.15, 0.2) is 23.0 Å². The maximum Gasteiger partial charge on any atom is 0.387 e. The molecule has 0 unspecified atom stereocenters. The molecule has 3 heterocycles. The third kappa shape index (κ3) is 3.61. The average molecular weight is 391 g/mol. The van der Waals surface area contributed by atoms with Crippen molar-refractivity contribution in [2.24, 2.45) is 0 Å². The van der Waals surface area contributed by atoms with Crippen molar-refractivity contribution in [3.8, 4) is 11.5 Å². The molecule has 0 amide bonds. The van der Waals surface area contributed by atoms with Gasteiger partial charge in [-0.3, -0.25) is 9.69 Å². The van der Waals surface area contributed by atoms with E-state index in [-0.39, 0.29) is 23.1 Å². The monoisotopic (exact) mass is 391 g/mol. The second kappa shape index (κ2) is 7.50. The van der Waals surface area contributed by atoms with E-state index in [1.807, 2.05) is 0 Å². The second-order valence-corrected chi connectivity index (χ2v) is 7.41. The quantitative estimate of drug-likeness (QED) is 0.849. The van der Waals surface area contributed by atoms with Crippen LogP contribution < -0.4 is 15.0 Å². The number of hydrogen-bond acceptors (Lipinski definition) is 5. The fourth-order valence-electron chi connectivity index (χ4n) is 4.43. The molecular weight excluding hydrogens is 368 g/mol. The molecule has 0 spiro atoms. The summed E-state index contributed by atoms with van der Waals surface area (Å²) in [5.74, 6) is 0.961. The normalized spacial score (nSPS) is 21.5. The lowest BCUT2D eigenvalue weighted by atomic mass is 9.98. The smallest absolute Gasteiger partial charge is 0.387 e. The lowest BCUT2D eigenvalue weighted by Gasteiger charge is -2.28. The first-order valence-electron chi connectivity index (χ1n) is 9.40. The van der Waals surface area contributed by atoms with Gasteiger partial charge in [-0.25, -0.2) is 4.98 Å². The lowest BCUT2D eigenvalue weighted by Crippen LogP contribution is -2.36. The minimum absolute atomic E-state index is 0.0266. The number of H-pyrrole nitrogens is 1. The number of methoxy groups -OCH3 is 1. The number of ether oxygens (including phenoxy) is 2. The summed E-state index contributed by atoms with van der Waals surface area (Å²) < 4.78 is 34.8. The standard InChI is InChI=1S/C20H23F2N3O3/c1-11-23-16-9-14-5-4-13(8-15(16)19(26)24-11)25(14)10-12-3-6-17(28-20(21)22)18(7-12)27-2/h3,6-7,13-14,20H,4-5,8-10H2,1-2H3,(H,23,24,26)/t13-,14+/m1/s1. The summed E-state index contributed by atoms with van der Waals surface area (Å²) in [7, 11) is 1.43. The minimum Gasteiger partial charge on any atom is -0.493 e. The highest BCUT2D eigenvalue weighted by Crippen LogP contribution is 2.35. The third-order valence-electron chi connectivity index (χ3n) is 5.67. The summed E-state index contributed by atoms with van der Waals surface area (Å²) in [6, 6.07) is 5.62. The number of nitrogens with zero attached hydrogens (tertiary/aromatic N) is 2. The van der Waals surface area contributed by atoms with E-state index in [1.165, 1.54) is 13.2 Å². The van der Waals surface area contributed by atoms with Crippen molar-refractivity contribution in [1.29, 1.82) is 0 Å². The van der Waals surface area contributed by atoms with Gasteiger partial charge in [0.05, 0.1) is 12.8 Å². The number of hydrogen-bond donors (Lipinski definition) is 1. The predicted molar refractivity (Wildman–Crippen MR) is 99.0 cm³/mol. The Bertz CT molecular complexity index is 931. The molecule has 28 heavy (non-hydrogen) atoms. The highest BCUT2D eigenvalue weighted by atomic mass is 19.3. The summed E-state index contributed by atoms with van der Waals surface area (Å²) >= 11 is 0. The van der Waals surface area contributed by atoms with Crippen LogP contribution in [0.3, 0.4) is 0 Å². The number of halogens is 2. The molecule has 6 nitrogen and oxygen atoms in total. The number of nitrogens with one attached hydrogen (secondary N) is 1. The van der Waals surface area contributed by atoms with Crippen molar-refractivity contribution in [3.05, 3.63) is 51.2 Å². The minimum atomic E-state index is -2.89. The van der Waals surface area contributed by atoms with Gasteiger partial charge in [0.25, 0.3) is 5.56 Å². The van der Waals surface area contributed by atoms with E-state index in [4.69, 9.17) is 4.74 Å². The Hall–Kier alpha value is -2.48. The molecule has 1 N–H and O–H groups in total. The fraction of sp³-hybridized carbons (Fsp3) is 0.500. The number of aryl methyl sites for hydroxylation is 1. The summed E-state index contributed by atoms with van der Waals surface area (Å²) in [4.78, 5) is 22.2. The number of benzene rings is 1. The van der Waals surface area contributed by atoms with Crippen LogP contribution in [0.1, 0.15) is 35.5 Å². The second-order valence-electron chi connectivity index (χ2n) is 7.41. The molecule has 2 aliphatic heterocycles. The van der Waals surface area contributed by atoms with E-state index >= 15 is 0 Å². The van der Waals surface area contributed by atoms with E-state index in [0.29, 0.717) is 24.8 Å². The van der Waals surface area contributed by atoms with Crippen molar-refractivity contribution >= 4 is 0 Å². The summed E-state index contributed by atoms with van der Waals surface area (Å²) in [5.41, 5.74) is 2.61. The van der Waals surface area contributed by atoms with Crippen LogP contribution >= 0.6 is 0 Å². The van der Waals surface area contributed by atoms with Crippen molar-refractivity contribution in [2.75, 3.05) is 7.11 Å². The Labute approximate surface area is 161 Å². The van der Waals surface area contributed by atoms with Gasteiger partial charge in [0.1, 0.15) is 5.82 Å². The van der Waals surface area contributed by atoms with Crippen molar-refractivity contribution in [3.63, 3.8) is 0 Å². The number of rotatable bonds is 5.